The molecule has 2 N–H and O–H groups in total. The molecule has 0 radical (unpaired) electrons. The van der Waals surface area contributed by atoms with Crippen molar-refractivity contribution in [3.63, 3.8) is 0 Å². The van der Waals surface area contributed by atoms with Crippen LogP contribution in [0.2, 0.25) is 0 Å². The van der Waals surface area contributed by atoms with E-state index in [0.29, 0.717) is 18.5 Å². The van der Waals surface area contributed by atoms with Crippen LogP contribution < -0.4 is 10.6 Å². The average Bonchev–Trinajstić information content (AvgIpc) is 2.27. The molecule has 1 aliphatic rings. The fourth-order valence-corrected chi connectivity index (χ4v) is 1.84. The number of carbonyl (C=O) groups excluding carboxylic acids is 1. The highest BCUT2D eigenvalue weighted by atomic mass is 35.5. The fraction of sp³-hybridized carbons (Fsp3) is 0.417. The van der Waals surface area contributed by atoms with E-state index in [2.05, 4.69) is 10.6 Å². The molecule has 1 aliphatic heterocycles. The number of nitro groups is 1. The van der Waals surface area contributed by atoms with Gasteiger partial charge in [0.05, 0.1) is 10.8 Å². The normalized spacial score (nSPS) is 14.1. The van der Waals surface area contributed by atoms with Crippen LogP contribution in [0.15, 0.2) is 24.3 Å². The molecule has 7 heteroatoms. The molecule has 6 nitrogen and oxygen atoms in total. The molecule has 1 fully saturated rings. The molecule has 0 aliphatic carbocycles. The maximum Gasteiger partial charge on any atom is 0.272 e. The molecule has 1 aromatic carbocycles. The van der Waals surface area contributed by atoms with Crippen molar-refractivity contribution in [3.8, 4) is 0 Å². The first-order valence-corrected chi connectivity index (χ1v) is 5.89. The van der Waals surface area contributed by atoms with Crippen LogP contribution in [0, 0.1) is 16.0 Å². The Morgan fingerprint density at radius 1 is 1.42 bits per heavy atom. The molecule has 104 valence electrons. The summed E-state index contributed by atoms with van der Waals surface area (Å²) in [5.41, 5.74) is 0.756. The summed E-state index contributed by atoms with van der Waals surface area (Å²) < 4.78 is 0. The fourth-order valence-electron chi connectivity index (χ4n) is 1.84. The minimum Gasteiger partial charge on any atom is -0.355 e. The number of nitrogens with one attached hydrogen (secondary N) is 2. The molecular formula is C12H16ClN3O3. The van der Waals surface area contributed by atoms with Gasteiger partial charge in [-0.3, -0.25) is 14.9 Å². The van der Waals surface area contributed by atoms with Crippen molar-refractivity contribution >= 4 is 24.0 Å². The Morgan fingerprint density at radius 3 is 2.68 bits per heavy atom. The van der Waals surface area contributed by atoms with Gasteiger partial charge < -0.3 is 10.6 Å². The molecule has 0 saturated carbocycles. The van der Waals surface area contributed by atoms with Crippen molar-refractivity contribution in [2.75, 3.05) is 19.6 Å². The van der Waals surface area contributed by atoms with Crippen LogP contribution >= 0.6 is 12.4 Å². The summed E-state index contributed by atoms with van der Waals surface area (Å²) in [7, 11) is 0. The van der Waals surface area contributed by atoms with Gasteiger partial charge in [-0.2, -0.15) is 0 Å². The molecule has 1 amide bonds. The summed E-state index contributed by atoms with van der Waals surface area (Å²) in [6, 6.07) is 6.60. The molecule has 19 heavy (non-hydrogen) atoms. The standard InChI is InChI=1S/C12H15N3O3.ClH/c16-12(10-7-13-8-10)14-6-5-9-3-1-2-4-11(9)15(17)18;/h1-4,10,13H,5-8H2,(H,14,16);1H. The predicted octanol–water partition coefficient (Wildman–Crippen LogP) is 0.895. The number of carbonyl (C=O) groups is 1. The van der Waals surface area contributed by atoms with E-state index in [1.807, 2.05) is 0 Å². The molecule has 0 bridgehead atoms. The third-order valence-electron chi connectivity index (χ3n) is 3.03. The Hall–Kier alpha value is -1.66. The zero-order valence-corrected chi connectivity index (χ0v) is 11.1. The smallest absolute Gasteiger partial charge is 0.272 e. The van der Waals surface area contributed by atoms with Gasteiger partial charge in [0.2, 0.25) is 5.91 Å². The second-order valence-electron chi connectivity index (χ2n) is 4.28. The van der Waals surface area contributed by atoms with Crippen LogP contribution in [0.5, 0.6) is 0 Å². The second kappa shape index (κ2) is 7.06. The van der Waals surface area contributed by atoms with Crippen molar-refractivity contribution in [3.05, 3.63) is 39.9 Å². The Bertz CT molecular complexity index is 463. The highest BCUT2D eigenvalue weighted by Crippen LogP contribution is 2.17. The number of nitro benzene ring substituents is 1. The van der Waals surface area contributed by atoms with Gasteiger partial charge in [0.25, 0.3) is 5.69 Å². The number of para-hydroxylation sites is 1. The highest BCUT2D eigenvalue weighted by molar-refractivity contribution is 5.85. The van der Waals surface area contributed by atoms with Crippen LogP contribution in [-0.2, 0) is 11.2 Å². The van der Waals surface area contributed by atoms with E-state index in [-0.39, 0.29) is 29.9 Å². The minimum absolute atomic E-state index is 0. The molecule has 1 aromatic rings. The number of amides is 1. The zero-order chi connectivity index (χ0) is 13.0. The summed E-state index contributed by atoms with van der Waals surface area (Å²) in [6.07, 6.45) is 0.475. The van der Waals surface area contributed by atoms with Crippen LogP contribution in [-0.4, -0.2) is 30.5 Å². The first-order chi connectivity index (χ1) is 8.68. The summed E-state index contributed by atoms with van der Waals surface area (Å²) in [5, 5.41) is 16.6. The van der Waals surface area contributed by atoms with Crippen molar-refractivity contribution < 1.29 is 9.72 Å². The van der Waals surface area contributed by atoms with E-state index in [1.54, 1.807) is 18.2 Å². The summed E-state index contributed by atoms with van der Waals surface area (Å²) in [5.74, 6) is 0.0723. The highest BCUT2D eigenvalue weighted by Gasteiger charge is 2.24. The lowest BCUT2D eigenvalue weighted by Gasteiger charge is -2.25. The molecule has 1 heterocycles. The molecule has 2 rings (SSSR count). The Labute approximate surface area is 117 Å². The first-order valence-electron chi connectivity index (χ1n) is 5.89. The van der Waals surface area contributed by atoms with Crippen molar-refractivity contribution in [1.29, 1.82) is 0 Å². The van der Waals surface area contributed by atoms with Gasteiger partial charge >= 0.3 is 0 Å². The third kappa shape index (κ3) is 3.90. The number of nitrogens with zero attached hydrogens (tertiary/aromatic N) is 1. The number of hydrogen-bond donors (Lipinski definition) is 2. The first kappa shape index (κ1) is 15.4. The maximum atomic E-state index is 11.5. The molecule has 0 aromatic heterocycles. The third-order valence-corrected chi connectivity index (χ3v) is 3.03. The number of benzene rings is 1. The number of hydrogen-bond acceptors (Lipinski definition) is 4. The molecule has 1 saturated heterocycles. The van der Waals surface area contributed by atoms with E-state index in [9.17, 15) is 14.9 Å². The van der Waals surface area contributed by atoms with Gasteiger partial charge in [-0.05, 0) is 6.42 Å². The van der Waals surface area contributed by atoms with Gasteiger partial charge in [0, 0.05) is 31.3 Å². The lowest BCUT2D eigenvalue weighted by molar-refractivity contribution is -0.385. The minimum atomic E-state index is -0.396. The van der Waals surface area contributed by atoms with E-state index in [1.165, 1.54) is 6.07 Å². The summed E-state index contributed by atoms with van der Waals surface area (Å²) in [6.45, 7) is 1.87. The lowest BCUT2D eigenvalue weighted by atomic mass is 10.0. The van der Waals surface area contributed by atoms with E-state index in [4.69, 9.17) is 0 Å². The summed E-state index contributed by atoms with van der Waals surface area (Å²) in [4.78, 5) is 21.9. The van der Waals surface area contributed by atoms with Crippen LogP contribution in [0.3, 0.4) is 0 Å². The van der Waals surface area contributed by atoms with Gasteiger partial charge in [-0.15, -0.1) is 12.4 Å². The SMILES string of the molecule is Cl.O=C(NCCc1ccccc1[N+](=O)[O-])C1CNC1. The molecule has 0 unspecified atom stereocenters. The second-order valence-corrected chi connectivity index (χ2v) is 4.28. The van der Waals surface area contributed by atoms with Crippen molar-refractivity contribution in [2.45, 2.75) is 6.42 Å². The van der Waals surface area contributed by atoms with Gasteiger partial charge in [-0.25, -0.2) is 0 Å². The molecular weight excluding hydrogens is 270 g/mol. The molecule has 0 atom stereocenters. The van der Waals surface area contributed by atoms with Crippen LogP contribution in [0.25, 0.3) is 0 Å². The topological polar surface area (TPSA) is 84.3 Å². The monoisotopic (exact) mass is 285 g/mol. The van der Waals surface area contributed by atoms with E-state index >= 15 is 0 Å². The van der Waals surface area contributed by atoms with Gasteiger partial charge in [-0.1, -0.05) is 18.2 Å². The van der Waals surface area contributed by atoms with Crippen molar-refractivity contribution in [2.24, 2.45) is 5.92 Å². The lowest BCUT2D eigenvalue weighted by Crippen LogP contribution is -2.51. The Balaban J connectivity index is 0.00000180. The number of halogens is 1. The van der Waals surface area contributed by atoms with Gasteiger partial charge in [0.1, 0.15) is 0 Å². The molecule has 0 spiro atoms. The Morgan fingerprint density at radius 2 is 2.11 bits per heavy atom. The quantitative estimate of drug-likeness (QED) is 0.622. The average molecular weight is 286 g/mol. The Kier molecular flexibility index (Phi) is 5.72. The maximum absolute atomic E-state index is 11.5. The van der Waals surface area contributed by atoms with Crippen molar-refractivity contribution in [1.82, 2.24) is 10.6 Å². The van der Waals surface area contributed by atoms with Gasteiger partial charge in [0.15, 0.2) is 0 Å². The predicted molar refractivity (Wildman–Crippen MR) is 73.4 cm³/mol. The number of rotatable bonds is 5. The van der Waals surface area contributed by atoms with Crippen LogP contribution in [0.4, 0.5) is 5.69 Å². The van der Waals surface area contributed by atoms with Crippen LogP contribution in [0.1, 0.15) is 5.56 Å². The zero-order valence-electron chi connectivity index (χ0n) is 10.3. The largest absolute Gasteiger partial charge is 0.355 e. The van der Waals surface area contributed by atoms with E-state index < -0.39 is 4.92 Å². The summed E-state index contributed by atoms with van der Waals surface area (Å²) >= 11 is 0. The van der Waals surface area contributed by atoms with E-state index in [0.717, 1.165) is 13.1 Å².